The Hall–Kier alpha value is -2.06. The van der Waals surface area contributed by atoms with Crippen LogP contribution in [0.15, 0.2) is 21.4 Å². The van der Waals surface area contributed by atoms with Crippen LogP contribution in [0.4, 0.5) is 0 Å². The van der Waals surface area contributed by atoms with Gasteiger partial charge in [-0.2, -0.15) is 0 Å². The second kappa shape index (κ2) is 8.09. The lowest BCUT2D eigenvalue weighted by Gasteiger charge is -2.38. The number of nitrogens with one attached hydrogen (secondary N) is 2. The fourth-order valence-electron chi connectivity index (χ4n) is 3.69. The van der Waals surface area contributed by atoms with Crippen LogP contribution in [-0.2, 0) is 14.3 Å². The highest BCUT2D eigenvalue weighted by Gasteiger charge is 2.37. The number of rotatable bonds is 5. The van der Waals surface area contributed by atoms with Crippen LogP contribution in [0.25, 0.3) is 0 Å². The molecule has 2 unspecified atom stereocenters. The molecule has 0 aromatic rings. The Kier molecular flexibility index (Phi) is 5.83. The van der Waals surface area contributed by atoms with Gasteiger partial charge in [-0.15, -0.1) is 0 Å². The zero-order chi connectivity index (χ0) is 18.7. The van der Waals surface area contributed by atoms with E-state index in [2.05, 4.69) is 41.4 Å². The molecule has 3 aliphatic heterocycles. The quantitative estimate of drug-likeness (QED) is 0.737. The molecular weight excluding hydrogens is 334 g/mol. The summed E-state index contributed by atoms with van der Waals surface area (Å²) in [4.78, 5) is 35.2. The molecule has 0 radical (unpaired) electrons. The van der Waals surface area contributed by atoms with Crippen molar-refractivity contribution in [2.75, 3.05) is 32.8 Å². The predicted octanol–water partition coefficient (Wildman–Crippen LogP) is 0.310. The first-order valence-corrected chi connectivity index (χ1v) is 9.25. The van der Waals surface area contributed by atoms with E-state index in [1.165, 1.54) is 6.34 Å². The zero-order valence-electron chi connectivity index (χ0n) is 15.6. The molecule has 8 heteroatoms. The Morgan fingerprint density at radius 1 is 1.42 bits per heavy atom. The first-order valence-electron chi connectivity index (χ1n) is 9.25. The average Bonchev–Trinajstić information content (AvgIpc) is 3.12. The molecule has 0 aromatic heterocycles. The summed E-state index contributed by atoms with van der Waals surface area (Å²) in [5.74, 6) is -0.105. The van der Waals surface area contributed by atoms with Gasteiger partial charge in [0, 0.05) is 18.5 Å². The highest BCUT2D eigenvalue weighted by atomic mass is 16.5. The monoisotopic (exact) mass is 361 g/mol. The minimum absolute atomic E-state index is 0.000602. The number of allylic oxidation sites excluding steroid dienone is 1. The third-order valence-corrected chi connectivity index (χ3v) is 4.97. The minimum Gasteiger partial charge on any atom is -0.378 e. The molecule has 0 saturated carbocycles. The van der Waals surface area contributed by atoms with Gasteiger partial charge in [-0.05, 0) is 12.3 Å². The van der Waals surface area contributed by atoms with Gasteiger partial charge < -0.3 is 20.3 Å². The summed E-state index contributed by atoms with van der Waals surface area (Å²) in [7, 11) is 0. The van der Waals surface area contributed by atoms with Gasteiger partial charge in [-0.1, -0.05) is 20.8 Å². The molecular formula is C18H27N5O3. The number of hydrogen-bond acceptors (Lipinski definition) is 6. The van der Waals surface area contributed by atoms with Crippen LogP contribution in [0.3, 0.4) is 0 Å². The lowest BCUT2D eigenvalue weighted by Crippen LogP contribution is -2.55. The predicted molar refractivity (Wildman–Crippen MR) is 98.9 cm³/mol. The Labute approximate surface area is 153 Å². The van der Waals surface area contributed by atoms with E-state index in [0.29, 0.717) is 13.2 Å². The number of amides is 2. The van der Waals surface area contributed by atoms with Crippen molar-refractivity contribution in [3.8, 4) is 0 Å². The topological polar surface area (TPSA) is 95.4 Å². The van der Waals surface area contributed by atoms with E-state index in [0.717, 1.165) is 30.1 Å². The van der Waals surface area contributed by atoms with Crippen molar-refractivity contribution in [3.05, 3.63) is 11.4 Å². The normalized spacial score (nSPS) is 26.8. The number of nitrogens with zero attached hydrogens (tertiary/aromatic N) is 3. The van der Waals surface area contributed by atoms with E-state index in [4.69, 9.17) is 4.74 Å². The van der Waals surface area contributed by atoms with Crippen molar-refractivity contribution in [3.63, 3.8) is 0 Å². The fourth-order valence-corrected chi connectivity index (χ4v) is 3.69. The van der Waals surface area contributed by atoms with E-state index in [1.807, 2.05) is 0 Å². The van der Waals surface area contributed by atoms with E-state index >= 15 is 0 Å². The second-order valence-electron chi connectivity index (χ2n) is 7.05. The number of hydrogen-bond donors (Lipinski definition) is 2. The number of morpholine rings is 1. The molecule has 0 aromatic carbocycles. The lowest BCUT2D eigenvalue weighted by atomic mass is 9.88. The standard InChI is InChI=1S/C18H27N5O3/c1-4-12(13-9-26-6-5-19-13)18(17-16(11(2)3)21-10-22-17)23-8-14(24)20-7-15(23)25/h10-13,19H,4-9H2,1-3H3,(H,20,24). The second-order valence-corrected chi connectivity index (χ2v) is 7.05. The SMILES string of the molecule is CCC(C(=C1N=CN=C1C(C)C)N1CC(=O)NCC1=O)C1COCCN1. The molecule has 2 amide bonds. The minimum atomic E-state index is -0.157. The van der Waals surface area contributed by atoms with Crippen molar-refractivity contribution in [1.82, 2.24) is 15.5 Å². The molecule has 2 fully saturated rings. The molecule has 142 valence electrons. The van der Waals surface area contributed by atoms with Gasteiger partial charge in [0.15, 0.2) is 0 Å². The first-order chi connectivity index (χ1) is 12.5. The number of piperazine rings is 1. The molecule has 8 nitrogen and oxygen atoms in total. The summed E-state index contributed by atoms with van der Waals surface area (Å²) in [5, 5.41) is 6.11. The lowest BCUT2D eigenvalue weighted by molar-refractivity contribution is -0.139. The molecule has 2 atom stereocenters. The molecule has 3 heterocycles. The van der Waals surface area contributed by atoms with Gasteiger partial charge in [-0.3, -0.25) is 9.59 Å². The maximum atomic E-state index is 12.7. The van der Waals surface area contributed by atoms with Crippen molar-refractivity contribution < 1.29 is 14.3 Å². The summed E-state index contributed by atoms with van der Waals surface area (Å²) in [6.45, 7) is 8.24. The Balaban J connectivity index is 2.06. The average molecular weight is 361 g/mol. The van der Waals surface area contributed by atoms with Crippen LogP contribution >= 0.6 is 0 Å². The van der Waals surface area contributed by atoms with Crippen molar-refractivity contribution in [1.29, 1.82) is 0 Å². The van der Waals surface area contributed by atoms with Crippen molar-refractivity contribution in [2.45, 2.75) is 33.2 Å². The Morgan fingerprint density at radius 3 is 2.88 bits per heavy atom. The van der Waals surface area contributed by atoms with Gasteiger partial charge >= 0.3 is 0 Å². The van der Waals surface area contributed by atoms with Crippen LogP contribution < -0.4 is 10.6 Å². The van der Waals surface area contributed by atoms with Gasteiger partial charge in [0.25, 0.3) is 0 Å². The molecule has 2 N–H and O–H groups in total. The van der Waals surface area contributed by atoms with E-state index in [9.17, 15) is 9.59 Å². The summed E-state index contributed by atoms with van der Waals surface area (Å²) >= 11 is 0. The van der Waals surface area contributed by atoms with E-state index in [1.54, 1.807) is 4.90 Å². The Morgan fingerprint density at radius 2 is 2.23 bits per heavy atom. The van der Waals surface area contributed by atoms with Gasteiger partial charge in [0.2, 0.25) is 11.8 Å². The van der Waals surface area contributed by atoms with Gasteiger partial charge in [0.1, 0.15) is 18.6 Å². The van der Waals surface area contributed by atoms with Crippen molar-refractivity contribution in [2.24, 2.45) is 21.8 Å². The molecule has 0 aliphatic carbocycles. The van der Waals surface area contributed by atoms with Gasteiger partial charge in [0.05, 0.1) is 31.2 Å². The third-order valence-electron chi connectivity index (χ3n) is 4.97. The van der Waals surface area contributed by atoms with Crippen LogP contribution in [-0.4, -0.2) is 67.7 Å². The maximum Gasteiger partial charge on any atom is 0.246 e. The Bertz CT molecular complexity index is 662. The summed E-state index contributed by atoms with van der Waals surface area (Å²) in [6, 6.07) is 0.0678. The highest BCUT2D eigenvalue weighted by Crippen LogP contribution is 2.31. The van der Waals surface area contributed by atoms with Crippen LogP contribution in [0.2, 0.25) is 0 Å². The summed E-state index contributed by atoms with van der Waals surface area (Å²) < 4.78 is 5.65. The highest BCUT2D eigenvalue weighted by molar-refractivity contribution is 6.10. The van der Waals surface area contributed by atoms with E-state index in [-0.39, 0.29) is 42.8 Å². The van der Waals surface area contributed by atoms with Crippen LogP contribution in [0.5, 0.6) is 0 Å². The third kappa shape index (κ3) is 3.71. The fraction of sp³-hybridized carbons (Fsp3) is 0.667. The zero-order valence-corrected chi connectivity index (χ0v) is 15.6. The van der Waals surface area contributed by atoms with Gasteiger partial charge in [-0.25, -0.2) is 9.98 Å². The summed E-state index contributed by atoms with van der Waals surface area (Å²) in [5.41, 5.74) is 2.37. The first kappa shape index (κ1) is 18.7. The number of aliphatic imine (C=N–C) groups is 2. The van der Waals surface area contributed by atoms with Crippen LogP contribution in [0.1, 0.15) is 27.2 Å². The van der Waals surface area contributed by atoms with Crippen molar-refractivity contribution >= 4 is 23.9 Å². The maximum absolute atomic E-state index is 12.7. The summed E-state index contributed by atoms with van der Waals surface area (Å²) in [6.07, 6.45) is 2.34. The van der Waals surface area contributed by atoms with Crippen LogP contribution in [0, 0.1) is 11.8 Å². The molecule has 0 bridgehead atoms. The number of carbonyl (C=O) groups is 2. The molecule has 0 spiro atoms. The molecule has 3 aliphatic rings. The number of ether oxygens (including phenoxy) is 1. The molecule has 3 rings (SSSR count). The smallest absolute Gasteiger partial charge is 0.246 e. The molecule has 26 heavy (non-hydrogen) atoms. The molecule has 2 saturated heterocycles. The largest absolute Gasteiger partial charge is 0.378 e. The van der Waals surface area contributed by atoms with E-state index < -0.39 is 0 Å². The number of carbonyl (C=O) groups excluding carboxylic acids is 2.